The molecule has 0 spiro atoms. The van der Waals surface area contributed by atoms with Crippen molar-refractivity contribution in [2.75, 3.05) is 26.1 Å². The molecular formula is C33H46ClNO9S. The molecule has 7 atom stereocenters. The molecular weight excluding hydrogens is 622 g/mol. The summed E-state index contributed by atoms with van der Waals surface area (Å²) in [5, 5.41) is 11.8. The van der Waals surface area contributed by atoms with Crippen molar-refractivity contribution in [3.05, 3.63) is 65.7 Å². The van der Waals surface area contributed by atoms with Gasteiger partial charge in [-0.25, -0.2) is 13.1 Å². The highest BCUT2D eigenvalue weighted by Gasteiger charge is 2.42. The molecule has 12 heteroatoms. The quantitative estimate of drug-likeness (QED) is 0.195. The minimum absolute atomic E-state index is 0.111. The van der Waals surface area contributed by atoms with E-state index in [1.54, 1.807) is 18.2 Å². The van der Waals surface area contributed by atoms with Crippen molar-refractivity contribution in [2.45, 2.75) is 88.7 Å². The first-order valence-corrected chi connectivity index (χ1v) is 18.1. The van der Waals surface area contributed by atoms with E-state index < -0.39 is 28.1 Å². The minimum Gasteiger partial charge on any atom is -0.491 e. The fourth-order valence-electron chi connectivity index (χ4n) is 5.78. The summed E-state index contributed by atoms with van der Waals surface area (Å²) in [6.45, 7) is 1.60. The Kier molecular flexibility index (Phi) is 14.4. The zero-order valence-corrected chi connectivity index (χ0v) is 27.4. The van der Waals surface area contributed by atoms with Gasteiger partial charge in [-0.15, -0.1) is 0 Å². The molecule has 3 fully saturated rings. The Morgan fingerprint density at radius 1 is 1.07 bits per heavy atom. The van der Waals surface area contributed by atoms with Crippen molar-refractivity contribution in [3.63, 3.8) is 0 Å². The number of carbonyl (C=O) groups is 1. The predicted octanol–water partition coefficient (Wildman–Crippen LogP) is 5.06. The van der Waals surface area contributed by atoms with E-state index in [0.717, 1.165) is 44.8 Å². The molecule has 2 aliphatic heterocycles. The van der Waals surface area contributed by atoms with Crippen molar-refractivity contribution < 1.29 is 42.0 Å². The van der Waals surface area contributed by atoms with Gasteiger partial charge in [-0.3, -0.25) is 4.79 Å². The summed E-state index contributed by atoms with van der Waals surface area (Å²) in [6.07, 6.45) is 17.1. The molecule has 1 aromatic carbocycles. The van der Waals surface area contributed by atoms with Crippen LogP contribution in [0.3, 0.4) is 0 Å². The molecule has 3 aliphatic rings. The van der Waals surface area contributed by atoms with Crippen LogP contribution in [-0.2, 0) is 33.8 Å². The van der Waals surface area contributed by atoms with Gasteiger partial charge in [-0.2, -0.15) is 0 Å². The third-order valence-electron chi connectivity index (χ3n) is 8.00. The minimum atomic E-state index is -3.60. The first-order chi connectivity index (χ1) is 21.7. The lowest BCUT2D eigenvalue weighted by molar-refractivity contribution is -0.193. The van der Waals surface area contributed by atoms with Crippen LogP contribution in [-0.4, -0.2) is 76.4 Å². The molecule has 2 N–H and O–H groups in total. The normalized spacial score (nSPS) is 28.6. The van der Waals surface area contributed by atoms with Crippen LogP contribution in [0.4, 0.5) is 0 Å². The SMILES string of the molecule is CS(=O)(=O)NC(=O)C=CCC=CC[C@@H]1[C@@H](C=C[C@H](COc2ccc(Cl)cc2)OC2CCCCO2)[C@H](OC2CCCCO2)C[C@@H]1O. The monoisotopic (exact) mass is 667 g/mol. The lowest BCUT2D eigenvalue weighted by Crippen LogP contribution is -2.32. The number of halogens is 1. The number of ether oxygens (including phenoxy) is 5. The zero-order chi connectivity index (χ0) is 32.1. The molecule has 2 heterocycles. The van der Waals surface area contributed by atoms with Crippen LogP contribution in [0.25, 0.3) is 0 Å². The molecule has 1 saturated carbocycles. The Bertz CT molecular complexity index is 1240. The number of rotatable bonds is 15. The van der Waals surface area contributed by atoms with Crippen LogP contribution in [0, 0.1) is 11.8 Å². The maximum Gasteiger partial charge on any atom is 0.257 e. The molecule has 45 heavy (non-hydrogen) atoms. The summed E-state index contributed by atoms with van der Waals surface area (Å²) in [6, 6.07) is 7.19. The van der Waals surface area contributed by atoms with Gasteiger partial charge >= 0.3 is 0 Å². The summed E-state index contributed by atoms with van der Waals surface area (Å²) >= 11 is 6.04. The Labute approximate surface area is 271 Å². The van der Waals surface area contributed by atoms with Gasteiger partial charge in [0.15, 0.2) is 12.6 Å². The van der Waals surface area contributed by atoms with Gasteiger partial charge < -0.3 is 28.8 Å². The van der Waals surface area contributed by atoms with E-state index in [9.17, 15) is 18.3 Å². The van der Waals surface area contributed by atoms with Crippen LogP contribution in [0.1, 0.15) is 57.8 Å². The molecule has 1 aromatic rings. The van der Waals surface area contributed by atoms with Gasteiger partial charge in [-0.05, 0) is 81.5 Å². The second-order valence-electron chi connectivity index (χ2n) is 11.7. The summed E-state index contributed by atoms with van der Waals surface area (Å²) in [7, 11) is -3.60. The molecule has 1 aliphatic carbocycles. The van der Waals surface area contributed by atoms with E-state index in [1.807, 2.05) is 35.1 Å². The van der Waals surface area contributed by atoms with Crippen LogP contribution in [0.2, 0.25) is 5.02 Å². The second-order valence-corrected chi connectivity index (χ2v) is 13.9. The summed E-state index contributed by atoms with van der Waals surface area (Å²) in [5.74, 6) is -0.237. The van der Waals surface area contributed by atoms with Crippen molar-refractivity contribution in [1.82, 2.24) is 4.72 Å². The number of aliphatic hydroxyl groups is 1. The third-order valence-corrected chi connectivity index (χ3v) is 8.82. The van der Waals surface area contributed by atoms with E-state index in [0.29, 0.717) is 43.2 Å². The number of aliphatic hydroxyl groups excluding tert-OH is 1. The zero-order valence-electron chi connectivity index (χ0n) is 25.8. The standard InChI is InChI=1S/C33H46ClNO9S/c1-45(38,39)35-31(37)11-5-3-2-4-10-27-28(30(22-29(27)36)44-33-13-7-9-21-41-33)19-18-26(43-32-12-6-8-20-40-32)23-42-25-16-14-24(34)15-17-25/h2,4-5,11,14-19,26-30,32-33,36H,3,6-10,12-13,20-23H2,1H3,(H,35,37)/t26-,27-,28-,29+,30-,32?,33?/m1/s1. The lowest BCUT2D eigenvalue weighted by atomic mass is 9.89. The van der Waals surface area contributed by atoms with Crippen LogP contribution >= 0.6 is 11.6 Å². The van der Waals surface area contributed by atoms with Gasteiger partial charge in [-0.1, -0.05) is 42.0 Å². The number of amides is 1. The summed E-state index contributed by atoms with van der Waals surface area (Å²) < 4.78 is 54.8. The smallest absolute Gasteiger partial charge is 0.257 e. The van der Waals surface area contributed by atoms with Crippen LogP contribution in [0.15, 0.2) is 60.7 Å². The summed E-state index contributed by atoms with van der Waals surface area (Å²) in [4.78, 5) is 11.7. The third kappa shape index (κ3) is 12.8. The molecule has 1 amide bonds. The van der Waals surface area contributed by atoms with Gasteiger partial charge in [0.2, 0.25) is 10.0 Å². The first kappa shape index (κ1) is 35.6. The van der Waals surface area contributed by atoms with Crippen molar-refractivity contribution in [1.29, 1.82) is 0 Å². The van der Waals surface area contributed by atoms with Crippen molar-refractivity contribution in [3.8, 4) is 5.75 Å². The fraction of sp³-hybridized carbons (Fsp3) is 0.606. The van der Waals surface area contributed by atoms with E-state index in [-0.39, 0.29) is 37.1 Å². The number of nitrogens with one attached hydrogen (secondary N) is 1. The van der Waals surface area contributed by atoms with E-state index >= 15 is 0 Å². The van der Waals surface area contributed by atoms with E-state index in [1.165, 1.54) is 6.08 Å². The predicted molar refractivity (Wildman–Crippen MR) is 171 cm³/mol. The van der Waals surface area contributed by atoms with Crippen LogP contribution in [0.5, 0.6) is 5.75 Å². The molecule has 10 nitrogen and oxygen atoms in total. The average molecular weight is 668 g/mol. The maximum absolute atomic E-state index is 11.7. The van der Waals surface area contributed by atoms with E-state index in [4.69, 9.17) is 35.3 Å². The van der Waals surface area contributed by atoms with Crippen LogP contribution < -0.4 is 9.46 Å². The molecule has 2 saturated heterocycles. The number of hydrogen-bond acceptors (Lipinski definition) is 9. The highest BCUT2D eigenvalue weighted by molar-refractivity contribution is 7.89. The first-order valence-electron chi connectivity index (χ1n) is 15.8. The van der Waals surface area contributed by atoms with Gasteiger partial charge in [0.1, 0.15) is 18.5 Å². The number of carbonyl (C=O) groups excluding carboxylic acids is 1. The molecule has 0 bridgehead atoms. The molecule has 0 aromatic heterocycles. The molecule has 0 radical (unpaired) electrons. The van der Waals surface area contributed by atoms with Gasteiger partial charge in [0, 0.05) is 36.7 Å². The highest BCUT2D eigenvalue weighted by Crippen LogP contribution is 2.39. The number of sulfonamides is 1. The van der Waals surface area contributed by atoms with Gasteiger partial charge in [0.25, 0.3) is 5.91 Å². The Hall–Kier alpha value is -2.25. The average Bonchev–Trinajstić information content (AvgIpc) is 3.30. The van der Waals surface area contributed by atoms with Crippen molar-refractivity contribution >= 4 is 27.5 Å². The fourth-order valence-corrected chi connectivity index (χ4v) is 6.34. The molecule has 250 valence electrons. The maximum atomic E-state index is 11.7. The Morgan fingerprint density at radius 2 is 1.78 bits per heavy atom. The largest absolute Gasteiger partial charge is 0.491 e. The number of allylic oxidation sites excluding steroid dienone is 3. The summed E-state index contributed by atoms with van der Waals surface area (Å²) in [5.41, 5.74) is 0. The second kappa shape index (κ2) is 18.2. The topological polar surface area (TPSA) is 130 Å². The Morgan fingerprint density at radius 3 is 2.44 bits per heavy atom. The molecule has 2 unspecified atom stereocenters. The molecule has 4 rings (SSSR count). The number of benzene rings is 1. The number of hydrogen-bond donors (Lipinski definition) is 2. The lowest BCUT2D eigenvalue weighted by Gasteiger charge is -2.30. The van der Waals surface area contributed by atoms with E-state index in [2.05, 4.69) is 6.08 Å². The highest BCUT2D eigenvalue weighted by atomic mass is 35.5. The van der Waals surface area contributed by atoms with Gasteiger partial charge in [0.05, 0.1) is 18.5 Å². The Balaban J connectivity index is 1.44. The van der Waals surface area contributed by atoms with Crippen molar-refractivity contribution in [2.24, 2.45) is 11.8 Å².